The van der Waals surface area contributed by atoms with Gasteiger partial charge in [0.2, 0.25) is 5.95 Å². The Hall–Kier alpha value is -1.82. The van der Waals surface area contributed by atoms with Crippen LogP contribution in [0.3, 0.4) is 0 Å². The summed E-state index contributed by atoms with van der Waals surface area (Å²) in [4.78, 5) is 19.6. The van der Waals surface area contributed by atoms with Crippen LogP contribution in [0, 0.1) is 10.1 Å². The zero-order chi connectivity index (χ0) is 13.1. The fourth-order valence-corrected chi connectivity index (χ4v) is 1.80. The highest BCUT2D eigenvalue weighted by Crippen LogP contribution is 2.21. The van der Waals surface area contributed by atoms with Gasteiger partial charge >= 0.3 is 0 Å². The number of aromatic nitrogens is 2. The van der Waals surface area contributed by atoms with Crippen molar-refractivity contribution in [2.75, 3.05) is 24.4 Å². The average Bonchev–Trinajstić information content (AvgIpc) is 2.78. The molecule has 0 bridgehead atoms. The second kappa shape index (κ2) is 5.22. The van der Waals surface area contributed by atoms with Crippen molar-refractivity contribution >= 4 is 34.3 Å². The van der Waals surface area contributed by atoms with Crippen LogP contribution in [-0.2, 0) is 0 Å². The van der Waals surface area contributed by atoms with Gasteiger partial charge in [0, 0.05) is 31.6 Å². The maximum Gasteiger partial charge on any atom is 0.271 e. The molecule has 0 aliphatic carbocycles. The Kier molecular flexibility index (Phi) is 3.66. The molecule has 0 unspecified atom stereocenters. The molecule has 1 aromatic carbocycles. The quantitative estimate of drug-likeness (QED) is 0.514. The van der Waals surface area contributed by atoms with E-state index in [1.807, 2.05) is 11.9 Å². The van der Waals surface area contributed by atoms with Crippen molar-refractivity contribution in [2.45, 2.75) is 6.42 Å². The molecular formula is C11H13ClN4O2. The number of alkyl halides is 1. The first-order valence-electron chi connectivity index (χ1n) is 5.53. The van der Waals surface area contributed by atoms with E-state index in [9.17, 15) is 10.1 Å². The summed E-state index contributed by atoms with van der Waals surface area (Å²) in [6.45, 7) is 0.783. The van der Waals surface area contributed by atoms with Crippen molar-refractivity contribution in [2.24, 2.45) is 0 Å². The molecule has 0 saturated heterocycles. The molecular weight excluding hydrogens is 256 g/mol. The molecule has 0 fully saturated rings. The number of nitro benzene ring substituents is 1. The van der Waals surface area contributed by atoms with Crippen molar-refractivity contribution in [1.29, 1.82) is 0 Å². The molecule has 6 nitrogen and oxygen atoms in total. The van der Waals surface area contributed by atoms with Gasteiger partial charge in [-0.15, -0.1) is 11.6 Å². The highest BCUT2D eigenvalue weighted by molar-refractivity contribution is 6.17. The molecule has 0 radical (unpaired) electrons. The number of anilines is 1. The van der Waals surface area contributed by atoms with E-state index in [1.165, 1.54) is 12.1 Å². The van der Waals surface area contributed by atoms with E-state index in [0.29, 0.717) is 22.9 Å². The number of imidazole rings is 1. The van der Waals surface area contributed by atoms with E-state index in [4.69, 9.17) is 11.6 Å². The Morgan fingerprint density at radius 2 is 2.33 bits per heavy atom. The van der Waals surface area contributed by atoms with Crippen LogP contribution >= 0.6 is 11.6 Å². The zero-order valence-electron chi connectivity index (χ0n) is 9.89. The third-order valence-corrected chi connectivity index (χ3v) is 2.92. The number of nitrogens with zero attached hydrogens (tertiary/aromatic N) is 3. The van der Waals surface area contributed by atoms with Gasteiger partial charge in [-0.1, -0.05) is 0 Å². The molecule has 0 amide bonds. The minimum Gasteiger partial charge on any atom is -0.345 e. The monoisotopic (exact) mass is 268 g/mol. The Morgan fingerprint density at radius 3 is 3.00 bits per heavy atom. The Labute approximate surface area is 109 Å². The standard InChI is InChI=1S/C11H13ClN4O2/c1-15(6-2-5-12)11-13-9-4-3-8(16(17)18)7-10(9)14-11/h3-4,7H,2,5-6H2,1H3,(H,13,14). The van der Waals surface area contributed by atoms with Gasteiger partial charge in [0.05, 0.1) is 16.0 Å². The van der Waals surface area contributed by atoms with Gasteiger partial charge in [-0.2, -0.15) is 0 Å². The lowest BCUT2D eigenvalue weighted by Gasteiger charge is -2.14. The summed E-state index contributed by atoms with van der Waals surface area (Å²) in [6.07, 6.45) is 0.856. The third kappa shape index (κ3) is 2.53. The number of nitrogens with one attached hydrogen (secondary N) is 1. The van der Waals surface area contributed by atoms with Crippen molar-refractivity contribution in [1.82, 2.24) is 9.97 Å². The summed E-state index contributed by atoms with van der Waals surface area (Å²) < 4.78 is 0. The van der Waals surface area contributed by atoms with Gasteiger partial charge in [0.25, 0.3) is 5.69 Å². The first-order chi connectivity index (χ1) is 8.61. The van der Waals surface area contributed by atoms with Crippen LogP contribution in [0.15, 0.2) is 18.2 Å². The number of fused-ring (bicyclic) bond motifs is 1. The molecule has 1 aromatic heterocycles. The number of benzene rings is 1. The summed E-state index contributed by atoms with van der Waals surface area (Å²) in [6, 6.07) is 4.58. The first kappa shape index (κ1) is 12.6. The molecule has 0 aliphatic heterocycles. The van der Waals surface area contributed by atoms with Crippen LogP contribution in [0.25, 0.3) is 11.0 Å². The minimum atomic E-state index is -0.419. The van der Waals surface area contributed by atoms with Gasteiger partial charge in [0.1, 0.15) is 0 Å². The molecule has 0 saturated carbocycles. The van der Waals surface area contributed by atoms with Crippen LogP contribution in [0.1, 0.15) is 6.42 Å². The number of H-pyrrole nitrogens is 1. The fourth-order valence-electron chi connectivity index (χ4n) is 1.68. The normalized spacial score (nSPS) is 10.8. The number of non-ortho nitro benzene ring substituents is 1. The SMILES string of the molecule is CN(CCCCl)c1nc2ccc([N+](=O)[O-])cc2[nH]1. The molecule has 0 aliphatic rings. The average molecular weight is 269 g/mol. The lowest BCUT2D eigenvalue weighted by atomic mass is 10.3. The van der Waals surface area contributed by atoms with Crippen LogP contribution in [0.2, 0.25) is 0 Å². The molecule has 1 heterocycles. The number of hydrogen-bond acceptors (Lipinski definition) is 4. The van der Waals surface area contributed by atoms with Crippen molar-refractivity contribution in [3.63, 3.8) is 0 Å². The van der Waals surface area contributed by atoms with Crippen molar-refractivity contribution in [3.8, 4) is 0 Å². The van der Waals surface area contributed by atoms with Gasteiger partial charge in [0.15, 0.2) is 0 Å². The Morgan fingerprint density at radius 1 is 1.56 bits per heavy atom. The van der Waals surface area contributed by atoms with E-state index in [0.717, 1.165) is 13.0 Å². The molecule has 0 spiro atoms. The molecule has 0 atom stereocenters. The molecule has 18 heavy (non-hydrogen) atoms. The topological polar surface area (TPSA) is 75.1 Å². The summed E-state index contributed by atoms with van der Waals surface area (Å²) in [7, 11) is 1.90. The molecule has 2 rings (SSSR count). The van der Waals surface area contributed by atoms with Crippen LogP contribution < -0.4 is 4.90 Å². The predicted molar refractivity (Wildman–Crippen MR) is 71.4 cm³/mol. The van der Waals surface area contributed by atoms with Gasteiger partial charge in [-0.05, 0) is 12.5 Å². The lowest BCUT2D eigenvalue weighted by Crippen LogP contribution is -2.19. The molecule has 7 heteroatoms. The van der Waals surface area contributed by atoms with Crippen LogP contribution in [0.5, 0.6) is 0 Å². The first-order valence-corrected chi connectivity index (χ1v) is 6.06. The van der Waals surface area contributed by atoms with E-state index in [2.05, 4.69) is 9.97 Å². The van der Waals surface area contributed by atoms with E-state index in [1.54, 1.807) is 6.07 Å². The number of halogens is 1. The fraction of sp³-hybridized carbons (Fsp3) is 0.364. The van der Waals surface area contributed by atoms with Gasteiger partial charge < -0.3 is 9.88 Å². The van der Waals surface area contributed by atoms with Gasteiger partial charge in [-0.3, -0.25) is 10.1 Å². The van der Waals surface area contributed by atoms with Crippen molar-refractivity contribution < 1.29 is 4.92 Å². The second-order valence-corrected chi connectivity index (χ2v) is 4.36. The van der Waals surface area contributed by atoms with Crippen LogP contribution in [0.4, 0.5) is 11.6 Å². The Bertz CT molecular complexity index is 569. The summed E-state index contributed by atoms with van der Waals surface area (Å²) in [5, 5.41) is 10.7. The highest BCUT2D eigenvalue weighted by atomic mass is 35.5. The maximum absolute atomic E-state index is 10.7. The smallest absolute Gasteiger partial charge is 0.271 e. The molecule has 1 N–H and O–H groups in total. The Balaban J connectivity index is 2.29. The largest absolute Gasteiger partial charge is 0.345 e. The molecule has 96 valence electrons. The van der Waals surface area contributed by atoms with E-state index >= 15 is 0 Å². The predicted octanol–water partition coefficient (Wildman–Crippen LogP) is 2.54. The van der Waals surface area contributed by atoms with Gasteiger partial charge in [-0.25, -0.2) is 4.98 Å². The summed E-state index contributed by atoms with van der Waals surface area (Å²) in [5.41, 5.74) is 1.44. The number of aromatic amines is 1. The highest BCUT2D eigenvalue weighted by Gasteiger charge is 2.11. The lowest BCUT2D eigenvalue weighted by molar-refractivity contribution is -0.384. The number of rotatable bonds is 5. The maximum atomic E-state index is 10.7. The second-order valence-electron chi connectivity index (χ2n) is 3.98. The van der Waals surface area contributed by atoms with Crippen molar-refractivity contribution in [3.05, 3.63) is 28.3 Å². The number of hydrogen-bond donors (Lipinski definition) is 1. The summed E-state index contributed by atoms with van der Waals surface area (Å²) in [5.74, 6) is 1.28. The third-order valence-electron chi connectivity index (χ3n) is 2.65. The van der Waals surface area contributed by atoms with E-state index < -0.39 is 4.92 Å². The van der Waals surface area contributed by atoms with Crippen LogP contribution in [-0.4, -0.2) is 34.4 Å². The minimum absolute atomic E-state index is 0.0566. The zero-order valence-corrected chi connectivity index (χ0v) is 10.6. The number of nitro groups is 1. The van der Waals surface area contributed by atoms with E-state index in [-0.39, 0.29) is 5.69 Å². The molecule has 2 aromatic rings. The summed E-state index contributed by atoms with van der Waals surface area (Å²) >= 11 is 5.64.